The summed E-state index contributed by atoms with van der Waals surface area (Å²) in [4.78, 5) is 42.3. The van der Waals surface area contributed by atoms with Gasteiger partial charge in [0.1, 0.15) is 22.9 Å². The number of imidazole rings is 1. The summed E-state index contributed by atoms with van der Waals surface area (Å²) < 4.78 is 6.92. The quantitative estimate of drug-likeness (QED) is 0.254. The maximum atomic E-state index is 12.5. The summed E-state index contributed by atoms with van der Waals surface area (Å²) in [5.41, 5.74) is 6.78. The highest BCUT2D eigenvalue weighted by atomic mass is 35.5. The summed E-state index contributed by atoms with van der Waals surface area (Å²) in [5.74, 6) is 4.75. The zero-order valence-corrected chi connectivity index (χ0v) is 19.3. The summed E-state index contributed by atoms with van der Waals surface area (Å²) in [6, 6.07) is 3.08. The molecule has 0 aliphatic carbocycles. The fourth-order valence-electron chi connectivity index (χ4n) is 3.46. The lowest BCUT2D eigenvalue weighted by atomic mass is 10.1. The van der Waals surface area contributed by atoms with E-state index in [2.05, 4.69) is 37.1 Å². The molecule has 35 heavy (non-hydrogen) atoms. The zero-order chi connectivity index (χ0) is 25.3. The molecule has 13 nitrogen and oxygen atoms in total. The molecule has 5 N–H and O–H groups in total. The third-order valence-electron chi connectivity index (χ3n) is 5.30. The highest BCUT2D eigenvalue weighted by molar-refractivity contribution is 6.29. The lowest BCUT2D eigenvalue weighted by Crippen LogP contribution is -2.41. The second-order valence-electron chi connectivity index (χ2n) is 7.63. The van der Waals surface area contributed by atoms with Gasteiger partial charge in [0, 0.05) is 20.3 Å². The van der Waals surface area contributed by atoms with Gasteiger partial charge in [-0.05, 0) is 18.1 Å². The average molecular weight is 501 g/mol. The fourth-order valence-corrected chi connectivity index (χ4v) is 3.57. The van der Waals surface area contributed by atoms with Crippen LogP contribution in [0.1, 0.15) is 22.4 Å². The number of amides is 2. The molecule has 2 amide bonds. The van der Waals surface area contributed by atoms with Gasteiger partial charge in [-0.15, -0.1) is 0 Å². The first-order chi connectivity index (χ1) is 16.7. The van der Waals surface area contributed by atoms with Gasteiger partial charge in [0.05, 0.1) is 18.4 Å². The number of aliphatic hydroxyl groups is 2. The Morgan fingerprint density at radius 2 is 2.06 bits per heavy atom. The van der Waals surface area contributed by atoms with Crippen LogP contribution in [0.5, 0.6) is 0 Å². The molecule has 0 saturated carbocycles. The van der Waals surface area contributed by atoms with Gasteiger partial charge in [0.15, 0.2) is 23.8 Å². The molecule has 1 unspecified atom stereocenters. The molecule has 1 fully saturated rings. The van der Waals surface area contributed by atoms with Gasteiger partial charge >= 0.3 is 0 Å². The summed E-state index contributed by atoms with van der Waals surface area (Å²) in [5, 5.41) is 23.3. The van der Waals surface area contributed by atoms with Gasteiger partial charge in [-0.2, -0.15) is 0 Å². The van der Waals surface area contributed by atoms with Crippen molar-refractivity contribution in [3.8, 4) is 11.8 Å². The van der Waals surface area contributed by atoms with E-state index in [0.717, 1.165) is 0 Å². The minimum atomic E-state index is -1.46. The molecule has 4 rings (SSSR count). The highest BCUT2D eigenvalue weighted by Gasteiger charge is 2.47. The van der Waals surface area contributed by atoms with E-state index < -0.39 is 30.4 Å². The lowest BCUT2D eigenvalue weighted by molar-refractivity contribution is -0.137. The number of fused-ring (bicyclic) bond motifs is 1. The van der Waals surface area contributed by atoms with Crippen molar-refractivity contribution in [3.63, 3.8) is 0 Å². The number of pyridine rings is 1. The summed E-state index contributed by atoms with van der Waals surface area (Å²) >= 11 is 5.75. The number of rotatable bonds is 4. The Labute approximate surface area is 203 Å². The van der Waals surface area contributed by atoms with Crippen LogP contribution in [0.4, 0.5) is 5.82 Å². The molecule has 3 aromatic rings. The number of nitrogens with one attached hydrogen (secondary N) is 1. The largest absolute Gasteiger partial charge is 0.387 e. The Bertz CT molecular complexity index is 1340. The van der Waals surface area contributed by atoms with Gasteiger partial charge in [-0.25, -0.2) is 19.9 Å². The lowest BCUT2D eigenvalue weighted by Gasteiger charge is -2.16. The summed E-state index contributed by atoms with van der Waals surface area (Å²) in [6.07, 6.45) is -2.63. The molecule has 0 radical (unpaired) electrons. The summed E-state index contributed by atoms with van der Waals surface area (Å²) in [6.45, 7) is 0.0620. The number of aromatic nitrogens is 5. The standard InChI is InChI=1S/C21H21ClN8O5/c1-24-19(33)16-14(31)15(32)21(35-16)30-9-26-13-17(23)27-12(28-18(13)30)4-3-7-29(2)20(34)10-5-6-11(22)25-8-10/h5-6,8-9,14-16,21,31-32H,7H2,1-2H3,(H,24,33)(H2,23,27,28)/t14?,15-,16+,21-/m1/s1. The van der Waals surface area contributed by atoms with E-state index in [1.165, 1.54) is 35.1 Å². The van der Waals surface area contributed by atoms with Crippen molar-refractivity contribution in [1.29, 1.82) is 0 Å². The zero-order valence-electron chi connectivity index (χ0n) is 18.6. The van der Waals surface area contributed by atoms with E-state index in [-0.39, 0.29) is 40.4 Å². The predicted molar refractivity (Wildman–Crippen MR) is 123 cm³/mol. The number of carbonyl (C=O) groups excluding carboxylic acids is 2. The molecule has 14 heteroatoms. The molecule has 1 aliphatic rings. The molecule has 0 bridgehead atoms. The highest BCUT2D eigenvalue weighted by Crippen LogP contribution is 2.32. The Morgan fingerprint density at radius 1 is 1.29 bits per heavy atom. The molecule has 3 aromatic heterocycles. The smallest absolute Gasteiger partial charge is 0.255 e. The van der Waals surface area contributed by atoms with Crippen LogP contribution in [0.3, 0.4) is 0 Å². The van der Waals surface area contributed by atoms with E-state index in [0.29, 0.717) is 5.56 Å². The number of likely N-dealkylation sites (N-methyl/N-ethyl adjacent to an activating group) is 1. The van der Waals surface area contributed by atoms with Crippen LogP contribution >= 0.6 is 11.6 Å². The van der Waals surface area contributed by atoms with Crippen molar-refractivity contribution in [3.05, 3.63) is 41.2 Å². The maximum absolute atomic E-state index is 12.5. The minimum absolute atomic E-state index is 0.0330. The molecule has 1 saturated heterocycles. The van der Waals surface area contributed by atoms with Crippen LogP contribution < -0.4 is 11.1 Å². The Morgan fingerprint density at radius 3 is 2.74 bits per heavy atom. The van der Waals surface area contributed by atoms with Crippen molar-refractivity contribution >= 4 is 40.4 Å². The van der Waals surface area contributed by atoms with Crippen LogP contribution in [-0.2, 0) is 9.53 Å². The number of hydrogen-bond acceptors (Lipinski definition) is 10. The van der Waals surface area contributed by atoms with Crippen molar-refractivity contribution in [2.75, 3.05) is 26.4 Å². The second kappa shape index (κ2) is 9.80. The van der Waals surface area contributed by atoms with Gasteiger partial charge in [-0.3, -0.25) is 14.2 Å². The number of hydrogen-bond donors (Lipinski definition) is 4. The predicted octanol–water partition coefficient (Wildman–Crippen LogP) is -1.05. The van der Waals surface area contributed by atoms with Crippen LogP contribution in [0.2, 0.25) is 5.15 Å². The third kappa shape index (κ3) is 4.73. The molecule has 1 aliphatic heterocycles. The van der Waals surface area contributed by atoms with E-state index in [1.54, 1.807) is 13.1 Å². The number of aliphatic hydroxyl groups excluding tert-OH is 2. The average Bonchev–Trinajstić information content (AvgIpc) is 3.39. The molecule has 182 valence electrons. The number of anilines is 1. The normalized spacial score (nSPS) is 21.4. The van der Waals surface area contributed by atoms with Gasteiger partial charge in [-0.1, -0.05) is 17.5 Å². The van der Waals surface area contributed by atoms with Crippen molar-refractivity contribution < 1.29 is 24.5 Å². The molecule has 0 spiro atoms. The van der Waals surface area contributed by atoms with Crippen molar-refractivity contribution in [2.45, 2.75) is 24.5 Å². The fraction of sp³-hybridized carbons (Fsp3) is 0.333. The number of nitrogens with zero attached hydrogens (tertiary/aromatic N) is 6. The first-order valence-corrected chi connectivity index (χ1v) is 10.7. The number of nitrogen functional groups attached to an aromatic ring is 1. The van der Waals surface area contributed by atoms with Gasteiger partial charge in [0.25, 0.3) is 11.8 Å². The molecular weight excluding hydrogens is 480 g/mol. The number of ether oxygens (including phenoxy) is 1. The van der Waals surface area contributed by atoms with Crippen molar-refractivity contribution in [1.82, 2.24) is 34.7 Å². The van der Waals surface area contributed by atoms with Crippen LogP contribution in [-0.4, -0.2) is 90.4 Å². The van der Waals surface area contributed by atoms with Crippen molar-refractivity contribution in [2.24, 2.45) is 0 Å². The molecule has 4 heterocycles. The minimum Gasteiger partial charge on any atom is -0.387 e. The first kappa shape index (κ1) is 24.3. The van der Waals surface area contributed by atoms with Crippen LogP contribution in [0, 0.1) is 11.8 Å². The first-order valence-electron chi connectivity index (χ1n) is 10.3. The van der Waals surface area contributed by atoms with Gasteiger partial charge in [0.2, 0.25) is 5.82 Å². The third-order valence-corrected chi connectivity index (χ3v) is 5.53. The number of carbonyl (C=O) groups is 2. The van der Waals surface area contributed by atoms with E-state index in [1.807, 2.05) is 0 Å². The van der Waals surface area contributed by atoms with E-state index in [4.69, 9.17) is 22.1 Å². The molecule has 0 aromatic carbocycles. The number of nitrogens with two attached hydrogens (primary N) is 1. The maximum Gasteiger partial charge on any atom is 0.255 e. The SMILES string of the molecule is CNC(=O)[C@H]1O[C@@H](n2cnc3c(N)nc(C#CCN(C)C(=O)c4ccc(Cl)nc4)nc32)[C@H](O)C1O. The summed E-state index contributed by atoms with van der Waals surface area (Å²) in [7, 11) is 2.97. The van der Waals surface area contributed by atoms with Crippen LogP contribution in [0.15, 0.2) is 24.7 Å². The Balaban J connectivity index is 1.56. The van der Waals surface area contributed by atoms with Gasteiger partial charge < -0.3 is 30.9 Å². The Hall–Kier alpha value is -3.83. The van der Waals surface area contributed by atoms with E-state index in [9.17, 15) is 19.8 Å². The Kier molecular flexibility index (Phi) is 6.81. The molecule has 4 atom stereocenters. The van der Waals surface area contributed by atoms with Crippen LogP contribution in [0.25, 0.3) is 11.2 Å². The monoisotopic (exact) mass is 500 g/mol. The topological polar surface area (TPSA) is 182 Å². The molecular formula is C21H21ClN8O5. The second-order valence-corrected chi connectivity index (χ2v) is 8.02. The van der Waals surface area contributed by atoms with E-state index >= 15 is 0 Å². The number of halogens is 1.